The lowest BCUT2D eigenvalue weighted by Crippen LogP contribution is -2.50. The Hall–Kier alpha value is -1.58. The molecule has 2 fully saturated rings. The van der Waals surface area contributed by atoms with Gasteiger partial charge in [-0.15, -0.1) is 0 Å². The van der Waals surface area contributed by atoms with Crippen LogP contribution in [0.3, 0.4) is 0 Å². The molecular weight excluding hydrogens is 340 g/mol. The summed E-state index contributed by atoms with van der Waals surface area (Å²) in [6.45, 7) is 7.78. The molecule has 0 N–H and O–H groups in total. The third-order valence-corrected chi connectivity index (χ3v) is 8.23. The van der Waals surface area contributed by atoms with Gasteiger partial charge in [0.15, 0.2) is 0 Å². The Kier molecular flexibility index (Phi) is 4.51. The zero-order chi connectivity index (χ0) is 19.4. The molecule has 4 aliphatic carbocycles. The molecule has 6 atom stereocenters. The van der Waals surface area contributed by atoms with Crippen LogP contribution in [-0.4, -0.2) is 18.0 Å². The molecule has 0 heterocycles. The van der Waals surface area contributed by atoms with Crippen LogP contribution in [0.4, 0.5) is 0 Å². The van der Waals surface area contributed by atoms with Gasteiger partial charge in [-0.1, -0.05) is 19.9 Å². The van der Waals surface area contributed by atoms with E-state index in [0.717, 1.165) is 37.9 Å². The average Bonchev–Trinajstić information content (AvgIpc) is 2.91. The van der Waals surface area contributed by atoms with Crippen molar-refractivity contribution in [3.8, 4) is 0 Å². The van der Waals surface area contributed by atoms with Crippen LogP contribution >= 0.6 is 0 Å². The molecule has 0 aliphatic heterocycles. The maximum Gasteiger partial charge on any atom is 0.307 e. The normalized spacial score (nSPS) is 42.8. The van der Waals surface area contributed by atoms with E-state index >= 15 is 0 Å². The van der Waals surface area contributed by atoms with E-state index in [9.17, 15) is 9.59 Å². The summed E-state index contributed by atoms with van der Waals surface area (Å²) in [5.74, 6) is 2.42. The van der Waals surface area contributed by atoms with E-state index in [4.69, 9.17) is 9.47 Å². The predicted molar refractivity (Wildman–Crippen MR) is 102 cm³/mol. The van der Waals surface area contributed by atoms with Crippen molar-refractivity contribution < 1.29 is 19.1 Å². The monoisotopic (exact) mass is 372 g/mol. The van der Waals surface area contributed by atoms with Crippen molar-refractivity contribution in [3.05, 3.63) is 23.5 Å². The van der Waals surface area contributed by atoms with Gasteiger partial charge >= 0.3 is 11.9 Å². The molecule has 27 heavy (non-hydrogen) atoms. The van der Waals surface area contributed by atoms with E-state index in [0.29, 0.717) is 17.8 Å². The topological polar surface area (TPSA) is 52.6 Å². The van der Waals surface area contributed by atoms with Crippen molar-refractivity contribution in [3.63, 3.8) is 0 Å². The first-order chi connectivity index (χ1) is 12.7. The second-order valence-corrected chi connectivity index (χ2v) is 9.61. The Balaban J connectivity index is 1.60. The quantitative estimate of drug-likeness (QED) is 0.644. The van der Waals surface area contributed by atoms with Crippen molar-refractivity contribution in [2.24, 2.45) is 28.6 Å². The fraction of sp³-hybridized carbons (Fsp3) is 0.739. The van der Waals surface area contributed by atoms with Gasteiger partial charge in [0, 0.05) is 25.7 Å². The Morgan fingerprint density at radius 3 is 2.52 bits per heavy atom. The van der Waals surface area contributed by atoms with Crippen LogP contribution in [-0.2, 0) is 19.1 Å². The number of ether oxygens (including phenoxy) is 2. The smallest absolute Gasteiger partial charge is 0.307 e. The Bertz CT molecular complexity index is 720. The minimum absolute atomic E-state index is 0.0842. The predicted octanol–water partition coefficient (Wildman–Crippen LogP) is 4.94. The highest BCUT2D eigenvalue weighted by molar-refractivity contribution is 5.67. The van der Waals surface area contributed by atoms with Gasteiger partial charge in [-0.25, -0.2) is 0 Å². The molecule has 0 aromatic rings. The number of hydrogen-bond donors (Lipinski definition) is 0. The zero-order valence-corrected chi connectivity index (χ0v) is 17.0. The van der Waals surface area contributed by atoms with E-state index in [1.54, 1.807) is 0 Å². The fourth-order valence-corrected chi connectivity index (χ4v) is 6.91. The second kappa shape index (κ2) is 6.49. The number of hydrogen-bond acceptors (Lipinski definition) is 4. The molecule has 6 unspecified atom stereocenters. The number of fused-ring (bicyclic) bond motifs is 5. The largest absolute Gasteiger partial charge is 0.462 e. The summed E-state index contributed by atoms with van der Waals surface area (Å²) < 4.78 is 11.1. The number of carbonyl (C=O) groups excluding carboxylic acids is 2. The van der Waals surface area contributed by atoms with Gasteiger partial charge in [0.1, 0.15) is 11.9 Å². The average molecular weight is 373 g/mol. The van der Waals surface area contributed by atoms with Gasteiger partial charge in [0.25, 0.3) is 0 Å². The lowest BCUT2D eigenvalue weighted by molar-refractivity contribution is -0.156. The van der Waals surface area contributed by atoms with Crippen molar-refractivity contribution in [1.82, 2.24) is 0 Å². The Morgan fingerprint density at radius 1 is 1.04 bits per heavy atom. The molecule has 4 heteroatoms. The first-order valence-electron chi connectivity index (χ1n) is 10.5. The maximum atomic E-state index is 11.6. The molecule has 4 nitrogen and oxygen atoms in total. The lowest BCUT2D eigenvalue weighted by atomic mass is 9.48. The summed E-state index contributed by atoms with van der Waals surface area (Å²) in [4.78, 5) is 22.9. The molecule has 0 saturated heterocycles. The first-order valence-corrected chi connectivity index (χ1v) is 10.5. The van der Waals surface area contributed by atoms with Crippen molar-refractivity contribution in [2.45, 2.75) is 78.7 Å². The SMILES string of the molecule is CC(=O)OC1=CC2=CCC3C(CCC4(C)C(OC(C)=O)CCC34)C2(C)CC1. The summed E-state index contributed by atoms with van der Waals surface area (Å²) >= 11 is 0. The van der Waals surface area contributed by atoms with E-state index in [-0.39, 0.29) is 28.9 Å². The second-order valence-electron chi connectivity index (χ2n) is 9.61. The highest BCUT2D eigenvalue weighted by atomic mass is 16.5. The maximum absolute atomic E-state index is 11.6. The van der Waals surface area contributed by atoms with E-state index < -0.39 is 0 Å². The Morgan fingerprint density at radius 2 is 1.81 bits per heavy atom. The molecule has 0 bridgehead atoms. The van der Waals surface area contributed by atoms with E-state index in [2.05, 4.69) is 26.0 Å². The minimum Gasteiger partial charge on any atom is -0.462 e. The third-order valence-electron chi connectivity index (χ3n) is 8.23. The summed E-state index contributed by atoms with van der Waals surface area (Å²) in [5.41, 5.74) is 1.67. The zero-order valence-electron chi connectivity index (χ0n) is 17.0. The minimum atomic E-state index is -0.227. The molecule has 0 amide bonds. The first kappa shape index (κ1) is 18.8. The molecule has 2 saturated carbocycles. The van der Waals surface area contributed by atoms with Crippen LogP contribution in [0, 0.1) is 28.6 Å². The summed E-state index contributed by atoms with van der Waals surface area (Å²) in [6.07, 6.45) is 12.1. The summed E-state index contributed by atoms with van der Waals surface area (Å²) in [7, 11) is 0. The standard InChI is InChI=1S/C23H32O4/c1-14(24)26-17-9-11-22(3)16(13-17)5-6-18-19-7-8-21(27-15(2)25)23(19,4)12-10-20(18)22/h5,13,18-21H,6-12H2,1-4H3. The molecule has 0 aromatic carbocycles. The van der Waals surface area contributed by atoms with Crippen LogP contribution in [0.1, 0.15) is 72.6 Å². The van der Waals surface area contributed by atoms with Gasteiger partial charge in [-0.05, 0) is 73.3 Å². The van der Waals surface area contributed by atoms with Crippen molar-refractivity contribution >= 4 is 11.9 Å². The third kappa shape index (κ3) is 2.96. The van der Waals surface area contributed by atoms with Crippen LogP contribution in [0.25, 0.3) is 0 Å². The highest BCUT2D eigenvalue weighted by Gasteiger charge is 2.59. The molecule has 0 spiro atoms. The fourth-order valence-electron chi connectivity index (χ4n) is 6.91. The molecule has 0 aromatic heterocycles. The van der Waals surface area contributed by atoms with Gasteiger partial charge < -0.3 is 9.47 Å². The molecule has 4 rings (SSSR count). The molecule has 148 valence electrons. The summed E-state index contributed by atoms with van der Waals surface area (Å²) in [6, 6.07) is 0. The Labute approximate surface area is 162 Å². The molecule has 4 aliphatic rings. The van der Waals surface area contributed by atoms with Crippen LogP contribution in [0.15, 0.2) is 23.5 Å². The van der Waals surface area contributed by atoms with Crippen molar-refractivity contribution in [2.75, 3.05) is 0 Å². The summed E-state index contributed by atoms with van der Waals surface area (Å²) in [5, 5.41) is 0. The van der Waals surface area contributed by atoms with Gasteiger partial charge in [0.2, 0.25) is 0 Å². The van der Waals surface area contributed by atoms with E-state index in [1.807, 2.05) is 0 Å². The lowest BCUT2D eigenvalue weighted by Gasteiger charge is -2.56. The number of carbonyl (C=O) groups is 2. The number of esters is 2. The van der Waals surface area contributed by atoms with Crippen LogP contribution in [0.5, 0.6) is 0 Å². The van der Waals surface area contributed by atoms with E-state index in [1.165, 1.54) is 32.3 Å². The van der Waals surface area contributed by atoms with Gasteiger partial charge in [0.05, 0.1) is 0 Å². The molecule has 0 radical (unpaired) electrons. The van der Waals surface area contributed by atoms with Gasteiger partial charge in [-0.2, -0.15) is 0 Å². The van der Waals surface area contributed by atoms with Crippen molar-refractivity contribution in [1.29, 1.82) is 0 Å². The van der Waals surface area contributed by atoms with Crippen LogP contribution in [0.2, 0.25) is 0 Å². The number of rotatable bonds is 2. The van der Waals surface area contributed by atoms with Crippen LogP contribution < -0.4 is 0 Å². The molecular formula is C23H32O4. The van der Waals surface area contributed by atoms with Gasteiger partial charge in [-0.3, -0.25) is 9.59 Å². The highest BCUT2D eigenvalue weighted by Crippen LogP contribution is 2.64. The number of allylic oxidation sites excluding steroid dienone is 4.